The predicted octanol–water partition coefficient (Wildman–Crippen LogP) is 12.8. The van der Waals surface area contributed by atoms with Gasteiger partial charge in [0.1, 0.15) is 11.5 Å². The molecule has 0 saturated heterocycles. The van der Waals surface area contributed by atoms with E-state index in [-0.39, 0.29) is 6.71 Å². The van der Waals surface area contributed by atoms with E-state index in [4.69, 9.17) is 4.74 Å². The van der Waals surface area contributed by atoms with Gasteiger partial charge in [-0.15, -0.1) is 0 Å². The summed E-state index contributed by atoms with van der Waals surface area (Å²) in [5, 5.41) is 7.25. The van der Waals surface area contributed by atoms with Crippen molar-refractivity contribution in [1.82, 2.24) is 4.57 Å². The Labute approximate surface area is 345 Å². The highest BCUT2D eigenvalue weighted by Crippen LogP contribution is 2.37. The second-order valence-electron chi connectivity index (χ2n) is 15.8. The third-order valence-corrected chi connectivity index (χ3v) is 12.1. The number of para-hydroxylation sites is 1. The van der Waals surface area contributed by atoms with Gasteiger partial charge < -0.3 is 9.30 Å². The molecule has 1 aliphatic rings. The summed E-state index contributed by atoms with van der Waals surface area (Å²) >= 11 is 0. The average Bonchev–Trinajstić information content (AvgIpc) is 3.33. The van der Waals surface area contributed by atoms with Gasteiger partial charge in [-0.25, -0.2) is 0 Å². The first-order valence-corrected chi connectivity index (χ1v) is 20.5. The minimum atomic E-state index is -0.0882. The highest BCUT2D eigenvalue weighted by atomic mass is 16.5. The van der Waals surface area contributed by atoms with E-state index in [0.29, 0.717) is 0 Å². The van der Waals surface area contributed by atoms with Crippen LogP contribution in [-0.2, 0) is 0 Å². The molecule has 0 aliphatic carbocycles. The maximum Gasteiger partial charge on any atom is 0.252 e. The quantitative estimate of drug-likeness (QED) is 0.163. The van der Waals surface area contributed by atoms with Crippen molar-refractivity contribution in [3.63, 3.8) is 0 Å². The lowest BCUT2D eigenvalue weighted by Crippen LogP contribution is -2.56. The second kappa shape index (κ2) is 14.2. The number of nitrogens with zero attached hydrogens (tertiary/aromatic N) is 1. The lowest BCUT2D eigenvalue weighted by molar-refractivity contribution is 0.487. The maximum atomic E-state index is 7.03. The molecular weight excluding hydrogens is 713 g/mol. The van der Waals surface area contributed by atoms with Crippen LogP contribution in [0.25, 0.3) is 71.3 Å². The summed E-state index contributed by atoms with van der Waals surface area (Å²) in [5.41, 5.74) is 14.1. The SMILES string of the molecule is Cc1ccc2c(c1)c1ccccc1c1ccccc1c1cc(C)ccc1n2-c1ccc2c(c1)Oc1ccccc1B2c1c(-c2ccccc2)cccc1-c1ccccc1. The molecule has 0 fully saturated rings. The number of rotatable bonds is 4. The van der Waals surface area contributed by atoms with Crippen LogP contribution in [0.15, 0.2) is 206 Å². The van der Waals surface area contributed by atoms with E-state index < -0.39 is 0 Å². The monoisotopic (exact) mass is 753 g/mol. The van der Waals surface area contributed by atoms with Gasteiger partial charge in [0.2, 0.25) is 0 Å². The van der Waals surface area contributed by atoms with Gasteiger partial charge in [-0.2, -0.15) is 0 Å². The summed E-state index contributed by atoms with van der Waals surface area (Å²) in [6.45, 7) is 4.29. The molecule has 2 nitrogen and oxygen atoms in total. The Morgan fingerprint density at radius 2 is 0.847 bits per heavy atom. The molecule has 278 valence electrons. The topological polar surface area (TPSA) is 14.2 Å². The van der Waals surface area contributed by atoms with Gasteiger partial charge in [-0.05, 0) is 105 Å². The fourth-order valence-electron chi connectivity index (χ4n) is 9.45. The van der Waals surface area contributed by atoms with Crippen LogP contribution in [0, 0.1) is 13.8 Å². The van der Waals surface area contributed by atoms with Crippen molar-refractivity contribution >= 4 is 66.5 Å². The van der Waals surface area contributed by atoms with Crippen LogP contribution in [0.3, 0.4) is 0 Å². The molecule has 0 N–H and O–H groups in total. The molecule has 59 heavy (non-hydrogen) atoms. The third kappa shape index (κ3) is 5.89. The van der Waals surface area contributed by atoms with E-state index in [1.165, 1.54) is 71.2 Å². The van der Waals surface area contributed by atoms with Crippen LogP contribution < -0.4 is 21.1 Å². The van der Waals surface area contributed by atoms with Gasteiger partial charge in [0.15, 0.2) is 0 Å². The minimum Gasteiger partial charge on any atom is -0.458 e. The highest BCUT2D eigenvalue weighted by Gasteiger charge is 2.36. The second-order valence-corrected chi connectivity index (χ2v) is 15.8. The van der Waals surface area contributed by atoms with Crippen LogP contribution in [0.2, 0.25) is 0 Å². The van der Waals surface area contributed by atoms with Crippen molar-refractivity contribution in [3.8, 4) is 39.4 Å². The standard InChI is InChI=1S/C56H40BNO/c1-37-28-32-52-48(34-37)46-22-11-9-20-44(46)45-21-10-12-23-47(45)49-35-38(2)29-33-53(49)58(52)41-30-31-51-55(36-41)59-54-27-14-13-26-50(54)57(51)56-42(39-16-5-3-6-17-39)24-15-25-43(56)40-18-7-4-8-19-40/h3-36H,1-2H3. The summed E-state index contributed by atoms with van der Waals surface area (Å²) in [6, 6.07) is 75.3. The smallest absolute Gasteiger partial charge is 0.252 e. The van der Waals surface area contributed by atoms with Crippen molar-refractivity contribution < 1.29 is 4.74 Å². The summed E-state index contributed by atoms with van der Waals surface area (Å²) in [7, 11) is 0. The Balaban J connectivity index is 1.25. The van der Waals surface area contributed by atoms with E-state index in [2.05, 4.69) is 225 Å². The molecule has 0 unspecified atom stereocenters. The van der Waals surface area contributed by atoms with Crippen LogP contribution in [0.4, 0.5) is 0 Å². The lowest BCUT2D eigenvalue weighted by Gasteiger charge is -2.30. The first-order chi connectivity index (χ1) is 29.1. The molecule has 0 saturated carbocycles. The lowest BCUT2D eigenvalue weighted by atomic mass is 9.34. The van der Waals surface area contributed by atoms with Crippen molar-refractivity contribution in [2.45, 2.75) is 13.8 Å². The molecule has 3 heteroatoms. The molecule has 10 aromatic rings. The fraction of sp³-hybridized carbons (Fsp3) is 0.0357. The molecular formula is C56H40BNO. The minimum absolute atomic E-state index is 0.0882. The number of aromatic nitrogens is 1. The largest absolute Gasteiger partial charge is 0.458 e. The van der Waals surface area contributed by atoms with Gasteiger partial charge in [-0.1, -0.05) is 180 Å². The van der Waals surface area contributed by atoms with Crippen LogP contribution >= 0.6 is 0 Å². The molecule has 0 radical (unpaired) electrons. The fourth-order valence-corrected chi connectivity index (χ4v) is 9.45. The van der Waals surface area contributed by atoms with Crippen LogP contribution in [-0.4, -0.2) is 11.3 Å². The van der Waals surface area contributed by atoms with E-state index in [0.717, 1.165) is 39.1 Å². The normalized spacial score (nSPS) is 12.0. The maximum absolute atomic E-state index is 7.03. The van der Waals surface area contributed by atoms with Gasteiger partial charge in [0.25, 0.3) is 6.71 Å². The van der Waals surface area contributed by atoms with Crippen molar-refractivity contribution in [2.24, 2.45) is 0 Å². The molecule has 0 spiro atoms. The molecule has 2 heterocycles. The molecule has 9 aromatic carbocycles. The van der Waals surface area contributed by atoms with Gasteiger partial charge >= 0.3 is 0 Å². The zero-order chi connectivity index (χ0) is 39.5. The van der Waals surface area contributed by atoms with Crippen molar-refractivity contribution in [2.75, 3.05) is 0 Å². The van der Waals surface area contributed by atoms with Gasteiger partial charge in [-0.3, -0.25) is 0 Å². The van der Waals surface area contributed by atoms with Crippen molar-refractivity contribution in [3.05, 3.63) is 217 Å². The number of hydrogen-bond donors (Lipinski definition) is 0. The Hall–Kier alpha value is -7.36. The third-order valence-electron chi connectivity index (χ3n) is 12.1. The van der Waals surface area contributed by atoms with Crippen LogP contribution in [0.1, 0.15) is 11.1 Å². The number of fused-ring (bicyclic) bond motifs is 9. The summed E-state index contributed by atoms with van der Waals surface area (Å²) < 4.78 is 9.49. The number of aryl methyl sites for hydroxylation is 2. The Kier molecular flexibility index (Phi) is 8.41. The van der Waals surface area contributed by atoms with E-state index in [1.807, 2.05) is 0 Å². The summed E-state index contributed by atoms with van der Waals surface area (Å²) in [4.78, 5) is 0. The highest BCUT2D eigenvalue weighted by molar-refractivity contribution is 6.98. The Morgan fingerprint density at radius 3 is 1.41 bits per heavy atom. The van der Waals surface area contributed by atoms with Gasteiger partial charge in [0.05, 0.1) is 11.0 Å². The number of ether oxygens (including phenoxy) is 1. The van der Waals surface area contributed by atoms with E-state index in [1.54, 1.807) is 0 Å². The average molecular weight is 754 g/mol. The summed E-state index contributed by atoms with van der Waals surface area (Å²) in [6.07, 6.45) is 0. The zero-order valence-corrected chi connectivity index (χ0v) is 33.1. The predicted molar refractivity (Wildman–Crippen MR) is 251 cm³/mol. The Bertz CT molecular complexity index is 3160. The molecule has 1 aliphatic heterocycles. The first-order valence-electron chi connectivity index (χ1n) is 20.5. The zero-order valence-electron chi connectivity index (χ0n) is 33.1. The molecule has 0 amide bonds. The number of benzene rings is 9. The van der Waals surface area contributed by atoms with Crippen LogP contribution in [0.5, 0.6) is 11.5 Å². The molecule has 0 atom stereocenters. The van der Waals surface area contributed by atoms with Gasteiger partial charge in [0, 0.05) is 22.5 Å². The molecule has 11 rings (SSSR count). The number of hydrogen-bond acceptors (Lipinski definition) is 1. The molecule has 1 aromatic heterocycles. The Morgan fingerprint density at radius 1 is 0.373 bits per heavy atom. The summed E-state index contributed by atoms with van der Waals surface area (Å²) in [5.74, 6) is 1.74. The van der Waals surface area contributed by atoms with E-state index in [9.17, 15) is 0 Å². The molecule has 0 bridgehead atoms. The van der Waals surface area contributed by atoms with E-state index >= 15 is 0 Å². The van der Waals surface area contributed by atoms with Crippen molar-refractivity contribution in [1.29, 1.82) is 0 Å². The first kappa shape index (κ1) is 34.9.